The number of hydrogen-bond donors (Lipinski definition) is 0. The topological polar surface area (TPSA) is 60.4 Å². The van der Waals surface area contributed by atoms with Gasteiger partial charge in [0.15, 0.2) is 17.2 Å². The van der Waals surface area contributed by atoms with E-state index < -0.39 is 32.9 Å². The molecular weight excluding hydrogens is 439 g/mol. The molecule has 0 amide bonds. The van der Waals surface area contributed by atoms with Crippen LogP contribution in [0.15, 0.2) is 11.6 Å². The fourth-order valence-electron chi connectivity index (χ4n) is 7.56. The van der Waals surface area contributed by atoms with Gasteiger partial charge in [0.05, 0.1) is 4.32 Å². The van der Waals surface area contributed by atoms with Crippen LogP contribution in [0.1, 0.15) is 72.6 Å². The Bertz CT molecular complexity index is 824. The van der Waals surface area contributed by atoms with Crippen molar-refractivity contribution in [2.45, 2.75) is 88.7 Å². The lowest BCUT2D eigenvalue weighted by atomic mass is 9.45. The zero-order valence-corrected chi connectivity index (χ0v) is 19.2. The number of ketones is 2. The van der Waals surface area contributed by atoms with Crippen LogP contribution in [0.2, 0.25) is 0 Å². The standard InChI is InChI=1S/C23H30BrFO4/c1-13(26)22(29-14(2)27)10-8-17-18-6-5-15-11-16(28)7-9-20(15,3)23(18,24)19(25)12-21(17,22)4/h11,17-19H,5-10,12H2,1-4H3/t17-,18-,19-,20-,21-,22-,23?/m0/s1. The van der Waals surface area contributed by atoms with E-state index in [1.165, 1.54) is 13.8 Å². The molecule has 1 unspecified atom stereocenters. The van der Waals surface area contributed by atoms with Crippen molar-refractivity contribution in [1.29, 1.82) is 0 Å². The Morgan fingerprint density at radius 1 is 1.14 bits per heavy atom. The molecule has 0 spiro atoms. The Kier molecular flexibility index (Phi) is 4.74. The highest BCUT2D eigenvalue weighted by molar-refractivity contribution is 9.10. The summed E-state index contributed by atoms with van der Waals surface area (Å²) in [4.78, 5) is 36.7. The zero-order valence-electron chi connectivity index (χ0n) is 17.6. The summed E-state index contributed by atoms with van der Waals surface area (Å²) >= 11 is 3.92. The van der Waals surface area contributed by atoms with Gasteiger partial charge in [-0.2, -0.15) is 0 Å². The van der Waals surface area contributed by atoms with Crippen LogP contribution < -0.4 is 0 Å². The van der Waals surface area contributed by atoms with Crippen molar-refractivity contribution in [2.24, 2.45) is 22.7 Å². The van der Waals surface area contributed by atoms with Crippen LogP contribution in [0.3, 0.4) is 0 Å². The molecule has 0 aliphatic heterocycles. The van der Waals surface area contributed by atoms with Crippen LogP contribution in [0, 0.1) is 22.7 Å². The average Bonchev–Trinajstić information content (AvgIpc) is 2.90. The van der Waals surface area contributed by atoms with Gasteiger partial charge in [-0.05, 0) is 63.4 Å². The Hall–Kier alpha value is -1.04. The summed E-state index contributed by atoms with van der Waals surface area (Å²) in [5.74, 6) is -0.441. The molecule has 0 radical (unpaired) electrons. The van der Waals surface area contributed by atoms with Crippen LogP contribution in [-0.2, 0) is 19.1 Å². The van der Waals surface area contributed by atoms with E-state index >= 15 is 4.39 Å². The number of halogens is 2. The number of carbonyl (C=O) groups excluding carboxylic acids is 3. The van der Waals surface area contributed by atoms with Gasteiger partial charge < -0.3 is 4.74 Å². The van der Waals surface area contributed by atoms with Gasteiger partial charge in [0.1, 0.15) is 6.17 Å². The minimum Gasteiger partial charge on any atom is -0.451 e. The summed E-state index contributed by atoms with van der Waals surface area (Å²) in [6.07, 6.45) is 4.54. The van der Waals surface area contributed by atoms with Gasteiger partial charge in [-0.1, -0.05) is 35.4 Å². The monoisotopic (exact) mass is 468 g/mol. The normalized spacial score (nSPS) is 48.8. The minimum atomic E-state index is -1.25. The third kappa shape index (κ3) is 2.50. The first-order valence-corrected chi connectivity index (χ1v) is 11.5. The number of fused-ring (bicyclic) bond motifs is 5. The third-order valence-electron chi connectivity index (χ3n) is 9.01. The molecule has 0 bridgehead atoms. The quantitative estimate of drug-likeness (QED) is 0.428. The molecule has 3 saturated carbocycles. The fraction of sp³-hybridized carbons (Fsp3) is 0.783. The summed E-state index contributed by atoms with van der Waals surface area (Å²) in [5.41, 5.74) is -1.34. The predicted octanol–water partition coefficient (Wildman–Crippen LogP) is 4.87. The van der Waals surface area contributed by atoms with Crippen molar-refractivity contribution in [3.63, 3.8) is 0 Å². The zero-order chi connectivity index (χ0) is 21.4. The second kappa shape index (κ2) is 6.48. The maximum absolute atomic E-state index is 16.2. The van der Waals surface area contributed by atoms with Crippen molar-refractivity contribution >= 4 is 33.5 Å². The average molecular weight is 469 g/mol. The van der Waals surface area contributed by atoms with Crippen molar-refractivity contribution in [2.75, 3.05) is 0 Å². The summed E-state index contributed by atoms with van der Waals surface area (Å²) in [7, 11) is 0. The molecule has 4 nitrogen and oxygen atoms in total. The number of esters is 1. The van der Waals surface area contributed by atoms with Gasteiger partial charge >= 0.3 is 5.97 Å². The molecule has 6 heteroatoms. The Morgan fingerprint density at radius 3 is 2.45 bits per heavy atom. The van der Waals surface area contributed by atoms with Crippen LogP contribution in [0.4, 0.5) is 4.39 Å². The summed E-state index contributed by atoms with van der Waals surface area (Å²) in [5, 5.41) is 0. The van der Waals surface area contributed by atoms with Crippen LogP contribution in [-0.4, -0.2) is 33.6 Å². The molecule has 0 N–H and O–H groups in total. The summed E-state index contributed by atoms with van der Waals surface area (Å²) in [6, 6.07) is 0. The lowest BCUT2D eigenvalue weighted by molar-refractivity contribution is -0.190. The first-order chi connectivity index (χ1) is 13.4. The van der Waals surface area contributed by atoms with E-state index in [2.05, 4.69) is 22.9 Å². The highest BCUT2D eigenvalue weighted by Gasteiger charge is 2.74. The SMILES string of the molecule is CC(=O)O[C@]1(C(C)=O)CC[C@H]2[C@@H]3CCC4=CC(=O)CC[C@]4(C)C3(Br)[C@@H](F)C[C@@]21C. The minimum absolute atomic E-state index is 0.0170. The van der Waals surface area contributed by atoms with Crippen molar-refractivity contribution in [3.05, 3.63) is 11.6 Å². The molecule has 4 aliphatic carbocycles. The van der Waals surface area contributed by atoms with E-state index in [1.54, 1.807) is 6.08 Å². The molecule has 0 aromatic heterocycles. The van der Waals surface area contributed by atoms with Gasteiger partial charge in [0, 0.05) is 24.2 Å². The number of allylic oxidation sites excluding steroid dienone is 1. The van der Waals surface area contributed by atoms with E-state index in [0.717, 1.165) is 24.8 Å². The molecule has 160 valence electrons. The van der Waals surface area contributed by atoms with Crippen LogP contribution in [0.25, 0.3) is 0 Å². The highest BCUT2D eigenvalue weighted by atomic mass is 79.9. The van der Waals surface area contributed by atoms with Crippen LogP contribution >= 0.6 is 15.9 Å². The lowest BCUT2D eigenvalue weighted by Crippen LogP contribution is -2.68. The van der Waals surface area contributed by atoms with E-state index in [9.17, 15) is 14.4 Å². The molecule has 0 saturated heterocycles. The smallest absolute Gasteiger partial charge is 0.303 e. The molecule has 3 fully saturated rings. The Morgan fingerprint density at radius 2 is 1.83 bits per heavy atom. The van der Waals surface area contributed by atoms with Crippen molar-refractivity contribution in [3.8, 4) is 0 Å². The summed E-state index contributed by atoms with van der Waals surface area (Å²) < 4.78 is 21.2. The van der Waals surface area contributed by atoms with Gasteiger partial charge in [0.25, 0.3) is 0 Å². The second-order valence-corrected chi connectivity index (χ2v) is 11.4. The maximum Gasteiger partial charge on any atom is 0.303 e. The summed E-state index contributed by atoms with van der Waals surface area (Å²) in [6.45, 7) is 6.84. The first kappa shape index (κ1) is 21.2. The number of carbonyl (C=O) groups is 3. The van der Waals surface area contributed by atoms with E-state index in [4.69, 9.17) is 4.74 Å². The molecule has 0 aromatic carbocycles. The van der Waals surface area contributed by atoms with E-state index in [0.29, 0.717) is 19.3 Å². The van der Waals surface area contributed by atoms with Crippen LogP contribution in [0.5, 0.6) is 0 Å². The lowest BCUT2D eigenvalue weighted by Gasteiger charge is -2.64. The predicted molar refractivity (Wildman–Crippen MR) is 110 cm³/mol. The maximum atomic E-state index is 16.2. The van der Waals surface area contributed by atoms with Gasteiger partial charge in [-0.15, -0.1) is 0 Å². The third-order valence-corrected chi connectivity index (χ3v) is 11.0. The van der Waals surface area contributed by atoms with E-state index in [1.807, 2.05) is 6.92 Å². The second-order valence-electron chi connectivity index (χ2n) is 10.1. The first-order valence-electron chi connectivity index (χ1n) is 10.7. The fourth-order valence-corrected chi connectivity index (χ4v) is 8.72. The number of hydrogen-bond acceptors (Lipinski definition) is 4. The molecule has 4 aliphatic rings. The molecule has 0 aromatic rings. The highest BCUT2D eigenvalue weighted by Crippen LogP contribution is 2.72. The van der Waals surface area contributed by atoms with Gasteiger partial charge in [-0.25, -0.2) is 4.39 Å². The number of alkyl halides is 2. The van der Waals surface area contributed by atoms with E-state index in [-0.39, 0.29) is 29.8 Å². The van der Waals surface area contributed by atoms with Gasteiger partial charge in [0.2, 0.25) is 0 Å². The largest absolute Gasteiger partial charge is 0.451 e. The number of rotatable bonds is 2. The number of ether oxygens (including phenoxy) is 1. The number of Topliss-reactive ketones (excluding diaryl/α,β-unsaturated/α-hetero) is 1. The molecule has 4 rings (SSSR count). The Balaban J connectivity index is 1.81. The van der Waals surface area contributed by atoms with Crippen molar-refractivity contribution < 1.29 is 23.5 Å². The van der Waals surface area contributed by atoms with Crippen molar-refractivity contribution in [1.82, 2.24) is 0 Å². The molecule has 29 heavy (non-hydrogen) atoms. The molecule has 0 heterocycles. The Labute approximate surface area is 180 Å². The molecule has 7 atom stereocenters. The van der Waals surface area contributed by atoms with Gasteiger partial charge in [-0.3, -0.25) is 14.4 Å². The molecular formula is C23H30BrFO4.